The summed E-state index contributed by atoms with van der Waals surface area (Å²) in [4.78, 5) is 22.3. The van der Waals surface area contributed by atoms with Crippen molar-refractivity contribution in [1.82, 2.24) is 5.16 Å². The van der Waals surface area contributed by atoms with Crippen molar-refractivity contribution in [2.45, 2.75) is 0 Å². The summed E-state index contributed by atoms with van der Waals surface area (Å²) in [7, 11) is 0. The monoisotopic (exact) mass is 266 g/mol. The first-order valence-corrected chi connectivity index (χ1v) is 5.20. The highest BCUT2D eigenvalue weighted by molar-refractivity contribution is 6.34. The molecule has 2 aromatic rings. The zero-order valence-electron chi connectivity index (χ0n) is 8.88. The van der Waals surface area contributed by atoms with E-state index in [4.69, 9.17) is 16.7 Å². The molecule has 92 valence electrons. The summed E-state index contributed by atoms with van der Waals surface area (Å²) in [5.41, 5.74) is 0.447. The van der Waals surface area contributed by atoms with Crippen LogP contribution in [0.2, 0.25) is 5.02 Å². The number of rotatable bonds is 3. The summed E-state index contributed by atoms with van der Waals surface area (Å²) in [6.07, 6.45) is 1.27. The topological polar surface area (TPSA) is 92.4 Å². The second-order valence-corrected chi connectivity index (χ2v) is 3.75. The molecule has 6 nitrogen and oxygen atoms in total. The van der Waals surface area contributed by atoms with E-state index in [9.17, 15) is 9.59 Å². The number of aromatic carboxylic acids is 1. The number of nitrogens with one attached hydrogen (secondary N) is 1. The molecule has 2 rings (SSSR count). The minimum absolute atomic E-state index is 0.0411. The SMILES string of the molecule is O=C(O)c1ccc(NC(=O)c2ccon2)c(Cl)c1. The zero-order chi connectivity index (χ0) is 13.1. The van der Waals surface area contributed by atoms with Crippen molar-refractivity contribution < 1.29 is 19.2 Å². The number of carbonyl (C=O) groups excluding carboxylic acids is 1. The number of amides is 1. The number of nitrogens with zero attached hydrogens (tertiary/aromatic N) is 1. The fourth-order valence-electron chi connectivity index (χ4n) is 1.27. The van der Waals surface area contributed by atoms with Crippen molar-refractivity contribution in [1.29, 1.82) is 0 Å². The summed E-state index contributed by atoms with van der Waals surface area (Å²) < 4.78 is 4.53. The first kappa shape index (κ1) is 12.1. The Bertz CT molecular complexity index is 595. The average Bonchev–Trinajstić information content (AvgIpc) is 2.85. The maximum atomic E-state index is 11.6. The Morgan fingerprint density at radius 3 is 2.67 bits per heavy atom. The van der Waals surface area contributed by atoms with Gasteiger partial charge in [-0.15, -0.1) is 0 Å². The largest absolute Gasteiger partial charge is 0.478 e. The Hall–Kier alpha value is -2.34. The normalized spacial score (nSPS) is 10.1. The van der Waals surface area contributed by atoms with Crippen LogP contribution >= 0.6 is 11.6 Å². The van der Waals surface area contributed by atoms with Gasteiger partial charge < -0.3 is 14.9 Å². The van der Waals surface area contributed by atoms with Crippen LogP contribution in [0.4, 0.5) is 5.69 Å². The van der Waals surface area contributed by atoms with E-state index >= 15 is 0 Å². The molecule has 0 fully saturated rings. The quantitative estimate of drug-likeness (QED) is 0.889. The molecule has 0 aliphatic carbocycles. The highest BCUT2D eigenvalue weighted by atomic mass is 35.5. The number of anilines is 1. The number of aromatic nitrogens is 1. The molecule has 0 spiro atoms. The molecule has 2 N–H and O–H groups in total. The van der Waals surface area contributed by atoms with Crippen LogP contribution in [-0.4, -0.2) is 22.1 Å². The maximum Gasteiger partial charge on any atom is 0.335 e. The van der Waals surface area contributed by atoms with Gasteiger partial charge in [0.05, 0.1) is 16.3 Å². The summed E-state index contributed by atoms with van der Waals surface area (Å²) in [6.45, 7) is 0. The van der Waals surface area contributed by atoms with Crippen LogP contribution in [0.5, 0.6) is 0 Å². The van der Waals surface area contributed by atoms with Crippen LogP contribution in [0.15, 0.2) is 35.1 Å². The first-order valence-electron chi connectivity index (χ1n) is 4.82. The van der Waals surface area contributed by atoms with Gasteiger partial charge in [0.1, 0.15) is 6.26 Å². The van der Waals surface area contributed by atoms with E-state index in [0.717, 1.165) is 0 Å². The third-order valence-corrected chi connectivity index (χ3v) is 2.45. The second-order valence-electron chi connectivity index (χ2n) is 3.34. The van der Waals surface area contributed by atoms with E-state index in [1.807, 2.05) is 0 Å². The number of carboxylic acids is 1. The molecule has 0 aliphatic heterocycles. The fraction of sp³-hybridized carbons (Fsp3) is 0. The van der Waals surface area contributed by atoms with Crippen molar-refractivity contribution >= 4 is 29.2 Å². The van der Waals surface area contributed by atoms with Gasteiger partial charge in [0, 0.05) is 6.07 Å². The molecule has 1 amide bonds. The standard InChI is InChI=1S/C11H7ClN2O4/c12-7-5-6(11(16)17)1-2-8(7)13-10(15)9-3-4-18-14-9/h1-5H,(H,13,15)(H,16,17). The summed E-state index contributed by atoms with van der Waals surface area (Å²) in [5.74, 6) is -1.58. The third kappa shape index (κ3) is 2.49. The van der Waals surface area contributed by atoms with Crippen LogP contribution in [0.3, 0.4) is 0 Å². The summed E-state index contributed by atoms with van der Waals surface area (Å²) in [6, 6.07) is 5.40. The van der Waals surface area contributed by atoms with Crippen LogP contribution < -0.4 is 5.32 Å². The molecule has 7 heteroatoms. The molecule has 0 aliphatic rings. The number of carboxylic acid groups (broad SMARTS) is 1. The predicted molar refractivity (Wildman–Crippen MR) is 62.9 cm³/mol. The van der Waals surface area contributed by atoms with E-state index in [1.54, 1.807) is 0 Å². The van der Waals surface area contributed by atoms with E-state index in [2.05, 4.69) is 15.0 Å². The number of halogens is 1. The van der Waals surface area contributed by atoms with Gasteiger partial charge in [-0.1, -0.05) is 16.8 Å². The zero-order valence-corrected chi connectivity index (χ0v) is 9.64. The van der Waals surface area contributed by atoms with Gasteiger partial charge in [0.25, 0.3) is 5.91 Å². The van der Waals surface area contributed by atoms with Crippen LogP contribution in [-0.2, 0) is 0 Å². The molecule has 0 bridgehead atoms. The molecule has 0 saturated heterocycles. The van der Waals surface area contributed by atoms with Crippen LogP contribution in [0, 0.1) is 0 Å². The van der Waals surface area contributed by atoms with Crippen molar-refractivity contribution in [3.63, 3.8) is 0 Å². The van der Waals surface area contributed by atoms with Crippen molar-refractivity contribution in [2.75, 3.05) is 5.32 Å². The average molecular weight is 267 g/mol. The Kier molecular flexibility index (Phi) is 3.29. The summed E-state index contributed by atoms with van der Waals surface area (Å²) in [5, 5.41) is 14.9. The van der Waals surface area contributed by atoms with Gasteiger partial charge in [-0.25, -0.2) is 4.79 Å². The van der Waals surface area contributed by atoms with Gasteiger partial charge in [0.15, 0.2) is 5.69 Å². The van der Waals surface area contributed by atoms with E-state index in [-0.39, 0.29) is 16.3 Å². The Balaban J connectivity index is 2.20. The molecule has 1 aromatic heterocycles. The molecule has 18 heavy (non-hydrogen) atoms. The first-order chi connectivity index (χ1) is 8.58. The fourth-order valence-corrected chi connectivity index (χ4v) is 1.49. The summed E-state index contributed by atoms with van der Waals surface area (Å²) >= 11 is 5.86. The van der Waals surface area contributed by atoms with Gasteiger partial charge in [-0.2, -0.15) is 0 Å². The van der Waals surface area contributed by atoms with Crippen molar-refractivity contribution in [3.05, 3.63) is 46.8 Å². The van der Waals surface area contributed by atoms with Crippen molar-refractivity contribution in [3.8, 4) is 0 Å². The number of hydrogen-bond acceptors (Lipinski definition) is 4. The molecule has 0 atom stereocenters. The van der Waals surface area contributed by atoms with Crippen molar-refractivity contribution in [2.24, 2.45) is 0 Å². The van der Waals surface area contributed by atoms with Crippen LogP contribution in [0.1, 0.15) is 20.8 Å². The molecular formula is C11H7ClN2O4. The second kappa shape index (κ2) is 4.89. The minimum Gasteiger partial charge on any atom is -0.478 e. The van der Waals surface area contributed by atoms with Gasteiger partial charge in [0.2, 0.25) is 0 Å². The molecule has 1 aromatic carbocycles. The lowest BCUT2D eigenvalue weighted by atomic mass is 10.2. The maximum absolute atomic E-state index is 11.6. The Morgan fingerprint density at radius 1 is 1.33 bits per heavy atom. The number of hydrogen-bond donors (Lipinski definition) is 2. The molecule has 0 saturated carbocycles. The minimum atomic E-state index is -1.09. The molecule has 1 heterocycles. The van der Waals surface area contributed by atoms with E-state index in [1.165, 1.54) is 30.5 Å². The van der Waals surface area contributed by atoms with Gasteiger partial charge in [-0.05, 0) is 18.2 Å². The van der Waals surface area contributed by atoms with E-state index < -0.39 is 11.9 Å². The number of carbonyl (C=O) groups is 2. The Labute approximate surface area is 106 Å². The Morgan fingerprint density at radius 2 is 2.11 bits per heavy atom. The van der Waals surface area contributed by atoms with E-state index in [0.29, 0.717) is 5.69 Å². The van der Waals surface area contributed by atoms with Gasteiger partial charge in [-0.3, -0.25) is 4.79 Å². The third-order valence-electron chi connectivity index (χ3n) is 2.13. The van der Waals surface area contributed by atoms with Crippen LogP contribution in [0.25, 0.3) is 0 Å². The lowest BCUT2D eigenvalue weighted by Crippen LogP contribution is -2.12. The lowest BCUT2D eigenvalue weighted by Gasteiger charge is -2.06. The lowest BCUT2D eigenvalue weighted by molar-refractivity contribution is 0.0696. The molecule has 0 unspecified atom stereocenters. The smallest absolute Gasteiger partial charge is 0.335 e. The molecule has 0 radical (unpaired) electrons. The predicted octanol–water partition coefficient (Wildman–Crippen LogP) is 2.28. The highest BCUT2D eigenvalue weighted by Crippen LogP contribution is 2.23. The van der Waals surface area contributed by atoms with Gasteiger partial charge >= 0.3 is 5.97 Å². The number of benzene rings is 1. The molecular weight excluding hydrogens is 260 g/mol. The highest BCUT2D eigenvalue weighted by Gasteiger charge is 2.12.